The maximum atomic E-state index is 6.57. The van der Waals surface area contributed by atoms with E-state index in [0.717, 1.165) is 43.2 Å². The average Bonchev–Trinajstić information content (AvgIpc) is 3.30. The quantitative estimate of drug-likeness (QED) is 0.796. The molecule has 5 rings (SSSR count). The minimum absolute atomic E-state index is 0.114. The fourth-order valence-corrected chi connectivity index (χ4v) is 5.84. The Morgan fingerprint density at radius 1 is 1.33 bits per heavy atom. The fourth-order valence-electron chi connectivity index (χ4n) is 5.84. The Morgan fingerprint density at radius 2 is 2.22 bits per heavy atom. The van der Waals surface area contributed by atoms with E-state index in [9.17, 15) is 0 Å². The van der Waals surface area contributed by atoms with Gasteiger partial charge in [-0.25, -0.2) is 0 Å². The Kier molecular flexibility index (Phi) is 4.22. The highest BCUT2D eigenvalue weighted by Crippen LogP contribution is 2.55. The summed E-state index contributed by atoms with van der Waals surface area (Å²) in [4.78, 5) is 4.92. The van der Waals surface area contributed by atoms with Gasteiger partial charge in [-0.15, -0.1) is 0 Å². The highest BCUT2D eigenvalue weighted by molar-refractivity contribution is 5.66. The molecule has 3 fully saturated rings. The SMILES string of the molecule is COc1cccc2c1OCC(CN1C[C@@H]3[C@H](CN(C)C)[C@H]4CC[C@]3(C1)O4)=C2. The van der Waals surface area contributed by atoms with Gasteiger partial charge in [0.25, 0.3) is 0 Å². The number of nitrogens with zero attached hydrogens (tertiary/aromatic N) is 2. The van der Waals surface area contributed by atoms with Crippen LogP contribution in [0.5, 0.6) is 11.5 Å². The summed E-state index contributed by atoms with van der Waals surface area (Å²) in [6, 6.07) is 6.08. The van der Waals surface area contributed by atoms with E-state index in [2.05, 4.69) is 36.0 Å². The molecule has 3 saturated heterocycles. The van der Waals surface area contributed by atoms with Crippen LogP contribution in [0.2, 0.25) is 0 Å². The minimum atomic E-state index is 0.114. The first-order chi connectivity index (χ1) is 13.1. The van der Waals surface area contributed by atoms with Gasteiger partial charge in [-0.3, -0.25) is 4.90 Å². The molecule has 2 bridgehead atoms. The normalized spacial score (nSPS) is 34.4. The number of para-hydroxylation sites is 1. The maximum Gasteiger partial charge on any atom is 0.168 e. The first-order valence-electron chi connectivity index (χ1n) is 10.1. The number of ether oxygens (including phenoxy) is 3. The summed E-state index contributed by atoms with van der Waals surface area (Å²) in [5, 5.41) is 0. The molecule has 5 nitrogen and oxygen atoms in total. The molecule has 0 unspecified atom stereocenters. The zero-order chi connectivity index (χ0) is 18.6. The van der Waals surface area contributed by atoms with Gasteiger partial charge in [0, 0.05) is 43.6 Å². The second-order valence-electron chi connectivity index (χ2n) is 8.93. The number of benzene rings is 1. The van der Waals surface area contributed by atoms with Crippen molar-refractivity contribution >= 4 is 6.08 Å². The summed E-state index contributed by atoms with van der Waals surface area (Å²) in [6.07, 6.45) is 5.24. The molecule has 0 saturated carbocycles. The van der Waals surface area contributed by atoms with E-state index in [1.165, 1.54) is 18.4 Å². The molecule has 27 heavy (non-hydrogen) atoms. The second-order valence-corrected chi connectivity index (χ2v) is 8.93. The van der Waals surface area contributed by atoms with Crippen LogP contribution in [0.15, 0.2) is 23.8 Å². The lowest BCUT2D eigenvalue weighted by Crippen LogP contribution is -2.40. The Hall–Kier alpha value is -1.56. The molecule has 0 N–H and O–H groups in total. The molecule has 4 heterocycles. The van der Waals surface area contributed by atoms with Crippen LogP contribution in [0.25, 0.3) is 6.08 Å². The van der Waals surface area contributed by atoms with Crippen LogP contribution in [0.1, 0.15) is 18.4 Å². The Bertz CT molecular complexity index is 762. The van der Waals surface area contributed by atoms with Crippen LogP contribution >= 0.6 is 0 Å². The van der Waals surface area contributed by atoms with Gasteiger partial charge in [0.2, 0.25) is 0 Å². The lowest BCUT2D eigenvalue weighted by molar-refractivity contribution is 0.00270. The van der Waals surface area contributed by atoms with Crippen molar-refractivity contribution in [3.63, 3.8) is 0 Å². The van der Waals surface area contributed by atoms with Gasteiger partial charge in [0.1, 0.15) is 6.61 Å². The van der Waals surface area contributed by atoms with E-state index in [0.29, 0.717) is 24.5 Å². The monoisotopic (exact) mass is 370 g/mol. The smallest absolute Gasteiger partial charge is 0.168 e. The molecule has 0 amide bonds. The van der Waals surface area contributed by atoms with Crippen LogP contribution in [0.4, 0.5) is 0 Å². The van der Waals surface area contributed by atoms with Crippen molar-refractivity contribution in [2.24, 2.45) is 11.8 Å². The number of methoxy groups -OCH3 is 1. The van der Waals surface area contributed by atoms with Crippen molar-refractivity contribution in [1.82, 2.24) is 9.80 Å². The highest BCUT2D eigenvalue weighted by atomic mass is 16.5. The molecule has 1 spiro atoms. The molecule has 5 heteroatoms. The van der Waals surface area contributed by atoms with E-state index in [-0.39, 0.29) is 5.60 Å². The largest absolute Gasteiger partial charge is 0.493 e. The van der Waals surface area contributed by atoms with E-state index >= 15 is 0 Å². The van der Waals surface area contributed by atoms with Crippen molar-refractivity contribution in [2.45, 2.75) is 24.5 Å². The van der Waals surface area contributed by atoms with Gasteiger partial charge < -0.3 is 19.1 Å². The predicted molar refractivity (Wildman–Crippen MR) is 105 cm³/mol. The van der Waals surface area contributed by atoms with Crippen LogP contribution in [0, 0.1) is 11.8 Å². The molecule has 1 aromatic carbocycles. The van der Waals surface area contributed by atoms with Crippen molar-refractivity contribution in [1.29, 1.82) is 0 Å². The standard InChI is InChI=1S/C22H30N2O3/c1-23(2)11-17-18-12-24(14-22(18)8-7-19(17)27-22)10-15-9-16-5-4-6-20(25-3)21(16)26-13-15/h4-6,9,17-19H,7-8,10-14H2,1-3H3/t17-,18+,19+,22+/m0/s1. The van der Waals surface area contributed by atoms with Crippen LogP contribution in [0.3, 0.4) is 0 Å². The fraction of sp³-hybridized carbons (Fsp3) is 0.636. The molecule has 1 aromatic rings. The average molecular weight is 370 g/mol. The summed E-state index contributed by atoms with van der Waals surface area (Å²) >= 11 is 0. The number of likely N-dealkylation sites (tertiary alicyclic amines) is 1. The third kappa shape index (κ3) is 2.87. The van der Waals surface area contributed by atoms with Crippen LogP contribution in [-0.2, 0) is 4.74 Å². The minimum Gasteiger partial charge on any atom is -0.493 e. The zero-order valence-corrected chi connectivity index (χ0v) is 16.6. The van der Waals surface area contributed by atoms with Gasteiger partial charge in [0.05, 0.1) is 18.8 Å². The van der Waals surface area contributed by atoms with E-state index in [1.807, 2.05) is 12.1 Å². The molecule has 4 aliphatic rings. The third-order valence-corrected chi connectivity index (χ3v) is 6.85. The van der Waals surface area contributed by atoms with Crippen molar-refractivity contribution in [3.05, 3.63) is 29.3 Å². The molecule has 4 atom stereocenters. The zero-order valence-electron chi connectivity index (χ0n) is 16.6. The first-order valence-corrected chi connectivity index (χ1v) is 10.1. The molecule has 0 radical (unpaired) electrons. The Labute approximate surface area is 161 Å². The maximum absolute atomic E-state index is 6.57. The number of hydrogen-bond acceptors (Lipinski definition) is 5. The first kappa shape index (κ1) is 17.5. The van der Waals surface area contributed by atoms with E-state index < -0.39 is 0 Å². The summed E-state index contributed by atoms with van der Waals surface area (Å²) in [5.74, 6) is 3.04. The predicted octanol–water partition coefficient (Wildman–Crippen LogP) is 2.51. The lowest BCUT2D eigenvalue weighted by atomic mass is 9.73. The molecule has 0 aromatic heterocycles. The lowest BCUT2D eigenvalue weighted by Gasteiger charge is -2.31. The van der Waals surface area contributed by atoms with Gasteiger partial charge in [0.15, 0.2) is 11.5 Å². The molecule has 146 valence electrons. The molecular formula is C22H30N2O3. The number of rotatable bonds is 5. The summed E-state index contributed by atoms with van der Waals surface area (Å²) in [5.41, 5.74) is 2.57. The van der Waals surface area contributed by atoms with Gasteiger partial charge in [-0.05, 0) is 44.7 Å². The Balaban J connectivity index is 1.31. The topological polar surface area (TPSA) is 34.2 Å². The van der Waals surface area contributed by atoms with Gasteiger partial charge in [-0.1, -0.05) is 12.1 Å². The number of hydrogen-bond donors (Lipinski definition) is 0. The van der Waals surface area contributed by atoms with E-state index in [1.54, 1.807) is 7.11 Å². The van der Waals surface area contributed by atoms with Crippen molar-refractivity contribution < 1.29 is 14.2 Å². The van der Waals surface area contributed by atoms with Crippen molar-refractivity contribution in [2.75, 3.05) is 54.0 Å². The van der Waals surface area contributed by atoms with Crippen molar-refractivity contribution in [3.8, 4) is 11.5 Å². The molecule has 4 aliphatic heterocycles. The highest BCUT2D eigenvalue weighted by Gasteiger charge is 2.62. The summed E-state index contributed by atoms with van der Waals surface area (Å²) in [7, 11) is 6.06. The van der Waals surface area contributed by atoms with Crippen LogP contribution in [-0.4, -0.2) is 75.5 Å². The number of fused-ring (bicyclic) bond motifs is 2. The van der Waals surface area contributed by atoms with E-state index in [4.69, 9.17) is 14.2 Å². The van der Waals surface area contributed by atoms with Gasteiger partial charge in [-0.2, -0.15) is 0 Å². The molecule has 0 aliphatic carbocycles. The second kappa shape index (κ2) is 6.50. The summed E-state index contributed by atoms with van der Waals surface area (Å²) < 4.78 is 18.0. The van der Waals surface area contributed by atoms with Gasteiger partial charge >= 0.3 is 0 Å². The van der Waals surface area contributed by atoms with Crippen LogP contribution < -0.4 is 9.47 Å². The molecular weight excluding hydrogens is 340 g/mol. The third-order valence-electron chi connectivity index (χ3n) is 6.85. The Morgan fingerprint density at radius 3 is 3.04 bits per heavy atom. The summed E-state index contributed by atoms with van der Waals surface area (Å²) in [6.45, 7) is 4.98.